The maximum atomic E-state index is 13.5. The van der Waals surface area contributed by atoms with Crippen LogP contribution in [0.5, 0.6) is 0 Å². The van der Waals surface area contributed by atoms with Crippen molar-refractivity contribution in [1.82, 2.24) is 19.6 Å². The highest BCUT2D eigenvalue weighted by molar-refractivity contribution is 5.60. The highest BCUT2D eigenvalue weighted by Gasteiger charge is 2.31. The molecule has 3 aromatic rings. The standard InChI is InChI=1S/C14H12F2N4O/c1-14(15,16)13-19-18-12-6-17-11(7-20(12)13)10-4-2-9(8-21)3-5-10/h2-7,21H,8H2,1H3. The van der Waals surface area contributed by atoms with Gasteiger partial charge in [0.05, 0.1) is 18.5 Å². The minimum absolute atomic E-state index is 0.0512. The average Bonchev–Trinajstić information content (AvgIpc) is 2.90. The molecule has 0 bridgehead atoms. The summed E-state index contributed by atoms with van der Waals surface area (Å²) < 4.78 is 28.2. The second-order valence-electron chi connectivity index (χ2n) is 4.77. The van der Waals surface area contributed by atoms with Crippen LogP contribution in [-0.2, 0) is 12.5 Å². The Labute approximate surface area is 118 Å². The first-order chi connectivity index (χ1) is 9.99. The zero-order valence-corrected chi connectivity index (χ0v) is 11.2. The van der Waals surface area contributed by atoms with E-state index in [1.54, 1.807) is 24.3 Å². The van der Waals surface area contributed by atoms with E-state index >= 15 is 0 Å². The van der Waals surface area contributed by atoms with Crippen LogP contribution in [0.25, 0.3) is 16.9 Å². The Morgan fingerprint density at radius 3 is 2.52 bits per heavy atom. The Morgan fingerprint density at radius 2 is 1.90 bits per heavy atom. The van der Waals surface area contributed by atoms with Crippen molar-refractivity contribution in [2.75, 3.05) is 0 Å². The third-order valence-electron chi connectivity index (χ3n) is 3.12. The van der Waals surface area contributed by atoms with E-state index in [0.717, 1.165) is 18.1 Å². The van der Waals surface area contributed by atoms with Gasteiger partial charge in [-0.3, -0.25) is 9.38 Å². The molecule has 2 aromatic heterocycles. The van der Waals surface area contributed by atoms with Gasteiger partial charge in [-0.2, -0.15) is 8.78 Å². The van der Waals surface area contributed by atoms with Gasteiger partial charge in [0.25, 0.3) is 0 Å². The van der Waals surface area contributed by atoms with Crippen molar-refractivity contribution in [2.45, 2.75) is 19.5 Å². The van der Waals surface area contributed by atoms with Crippen LogP contribution in [-0.4, -0.2) is 24.7 Å². The van der Waals surface area contributed by atoms with Crippen molar-refractivity contribution in [3.8, 4) is 11.3 Å². The van der Waals surface area contributed by atoms with E-state index in [1.807, 2.05) is 0 Å². The average molecular weight is 290 g/mol. The third kappa shape index (κ3) is 2.47. The fraction of sp³-hybridized carbons (Fsp3) is 0.214. The fourth-order valence-corrected chi connectivity index (χ4v) is 2.03. The van der Waals surface area contributed by atoms with Gasteiger partial charge < -0.3 is 5.11 Å². The van der Waals surface area contributed by atoms with Crippen molar-refractivity contribution >= 4 is 5.65 Å². The number of hydrogen-bond acceptors (Lipinski definition) is 4. The Bertz CT molecular complexity index is 778. The van der Waals surface area contributed by atoms with E-state index in [-0.39, 0.29) is 12.3 Å². The smallest absolute Gasteiger partial charge is 0.304 e. The van der Waals surface area contributed by atoms with Crippen LogP contribution in [0.1, 0.15) is 18.3 Å². The number of benzene rings is 1. The van der Waals surface area contributed by atoms with Gasteiger partial charge in [-0.25, -0.2) is 0 Å². The molecule has 0 spiro atoms. The van der Waals surface area contributed by atoms with E-state index in [2.05, 4.69) is 15.2 Å². The Morgan fingerprint density at radius 1 is 1.19 bits per heavy atom. The van der Waals surface area contributed by atoms with Gasteiger partial charge in [0.1, 0.15) is 0 Å². The molecule has 0 atom stereocenters. The summed E-state index contributed by atoms with van der Waals surface area (Å²) in [6, 6.07) is 7.05. The zero-order chi connectivity index (χ0) is 15.0. The molecule has 0 saturated carbocycles. The fourth-order valence-electron chi connectivity index (χ4n) is 2.03. The highest BCUT2D eigenvalue weighted by Crippen LogP contribution is 2.26. The third-order valence-corrected chi connectivity index (χ3v) is 3.12. The molecule has 1 N–H and O–H groups in total. The quantitative estimate of drug-likeness (QED) is 0.804. The Balaban J connectivity index is 2.11. The number of fused-ring (bicyclic) bond motifs is 1. The lowest BCUT2D eigenvalue weighted by molar-refractivity contribution is 0.00668. The molecule has 21 heavy (non-hydrogen) atoms. The first-order valence-electron chi connectivity index (χ1n) is 6.28. The van der Waals surface area contributed by atoms with Crippen molar-refractivity contribution in [1.29, 1.82) is 0 Å². The molecule has 0 aliphatic heterocycles. The van der Waals surface area contributed by atoms with E-state index in [1.165, 1.54) is 16.8 Å². The van der Waals surface area contributed by atoms with Crippen molar-refractivity contribution in [2.24, 2.45) is 0 Å². The topological polar surface area (TPSA) is 63.3 Å². The number of aromatic nitrogens is 4. The van der Waals surface area contributed by atoms with E-state index < -0.39 is 11.7 Å². The summed E-state index contributed by atoms with van der Waals surface area (Å²) in [5.74, 6) is -3.51. The van der Waals surface area contributed by atoms with Gasteiger partial charge in [0, 0.05) is 18.7 Å². The van der Waals surface area contributed by atoms with Gasteiger partial charge in [0.2, 0.25) is 5.82 Å². The predicted octanol–water partition coefficient (Wildman–Crippen LogP) is 2.40. The van der Waals surface area contributed by atoms with Crippen LogP contribution in [0.3, 0.4) is 0 Å². The van der Waals surface area contributed by atoms with Gasteiger partial charge in [0.15, 0.2) is 5.65 Å². The summed E-state index contributed by atoms with van der Waals surface area (Å²) >= 11 is 0. The number of hydrogen-bond donors (Lipinski definition) is 1. The summed E-state index contributed by atoms with van der Waals surface area (Å²) in [5, 5.41) is 16.2. The van der Waals surface area contributed by atoms with Crippen LogP contribution >= 0.6 is 0 Å². The summed E-state index contributed by atoms with van der Waals surface area (Å²) in [4.78, 5) is 4.20. The molecule has 2 heterocycles. The number of nitrogens with zero attached hydrogens (tertiary/aromatic N) is 4. The van der Waals surface area contributed by atoms with Crippen LogP contribution in [0.4, 0.5) is 8.78 Å². The Hall–Kier alpha value is -2.41. The molecule has 0 amide bonds. The molecule has 0 aliphatic carbocycles. The molecule has 0 unspecified atom stereocenters. The number of aliphatic hydroxyl groups is 1. The second-order valence-corrected chi connectivity index (χ2v) is 4.77. The number of alkyl halides is 2. The van der Waals surface area contributed by atoms with Crippen LogP contribution < -0.4 is 0 Å². The van der Waals surface area contributed by atoms with Gasteiger partial charge in [-0.1, -0.05) is 24.3 Å². The molecule has 7 heteroatoms. The highest BCUT2D eigenvalue weighted by atomic mass is 19.3. The molecular formula is C14H12F2N4O. The van der Waals surface area contributed by atoms with Gasteiger partial charge in [-0.05, 0) is 5.56 Å². The zero-order valence-electron chi connectivity index (χ0n) is 11.2. The molecule has 0 radical (unpaired) electrons. The molecule has 0 fully saturated rings. The molecular weight excluding hydrogens is 278 g/mol. The number of rotatable bonds is 3. The first-order valence-corrected chi connectivity index (χ1v) is 6.28. The van der Waals surface area contributed by atoms with Gasteiger partial charge >= 0.3 is 5.92 Å². The van der Waals surface area contributed by atoms with Crippen LogP contribution in [0.15, 0.2) is 36.7 Å². The van der Waals surface area contributed by atoms with Crippen molar-refractivity contribution < 1.29 is 13.9 Å². The van der Waals surface area contributed by atoms with Crippen LogP contribution in [0.2, 0.25) is 0 Å². The first kappa shape index (κ1) is 13.6. The van der Waals surface area contributed by atoms with Gasteiger partial charge in [-0.15, -0.1) is 10.2 Å². The van der Waals surface area contributed by atoms with Crippen LogP contribution in [0, 0.1) is 0 Å². The lowest BCUT2D eigenvalue weighted by Crippen LogP contribution is -2.12. The normalized spacial score (nSPS) is 12.0. The summed E-state index contributed by atoms with van der Waals surface area (Å²) in [6.07, 6.45) is 2.88. The number of aliphatic hydroxyl groups excluding tert-OH is 1. The molecule has 0 aliphatic rings. The number of halogens is 2. The maximum Gasteiger partial charge on any atom is 0.304 e. The van der Waals surface area contributed by atoms with E-state index in [0.29, 0.717) is 5.69 Å². The monoisotopic (exact) mass is 290 g/mol. The predicted molar refractivity (Wildman–Crippen MR) is 71.7 cm³/mol. The molecule has 108 valence electrons. The van der Waals surface area contributed by atoms with E-state index in [4.69, 9.17) is 5.11 Å². The molecule has 5 nitrogen and oxygen atoms in total. The SMILES string of the molecule is CC(F)(F)c1nnc2cnc(-c3ccc(CO)cc3)cn12. The molecule has 1 aromatic carbocycles. The molecule has 3 rings (SSSR count). The molecule has 0 saturated heterocycles. The summed E-state index contributed by atoms with van der Waals surface area (Å²) in [5.41, 5.74) is 2.32. The van der Waals surface area contributed by atoms with E-state index in [9.17, 15) is 8.78 Å². The lowest BCUT2D eigenvalue weighted by atomic mass is 10.1. The van der Waals surface area contributed by atoms with Crippen molar-refractivity contribution in [3.63, 3.8) is 0 Å². The minimum Gasteiger partial charge on any atom is -0.392 e. The minimum atomic E-state index is -3.08. The lowest BCUT2D eigenvalue weighted by Gasteiger charge is -2.08. The summed E-state index contributed by atoms with van der Waals surface area (Å²) in [7, 11) is 0. The largest absolute Gasteiger partial charge is 0.392 e. The van der Waals surface area contributed by atoms with Crippen molar-refractivity contribution in [3.05, 3.63) is 48.0 Å². The maximum absolute atomic E-state index is 13.5. The second kappa shape index (κ2) is 4.85. The Kier molecular flexibility index (Phi) is 3.13. The summed E-state index contributed by atoms with van der Waals surface area (Å²) in [6.45, 7) is 0.726.